The highest BCUT2D eigenvalue weighted by Gasteiger charge is 2.32. The Hall–Kier alpha value is -2.60. The summed E-state index contributed by atoms with van der Waals surface area (Å²) in [5, 5.41) is 27.1. The number of aliphatic hydroxyl groups excluding tert-OH is 1. The Morgan fingerprint density at radius 1 is 1.42 bits per heavy atom. The maximum absolute atomic E-state index is 11.9. The highest BCUT2D eigenvalue weighted by molar-refractivity contribution is 6.14. The van der Waals surface area contributed by atoms with Gasteiger partial charge in [-0.2, -0.15) is 10.5 Å². The molecule has 6 heteroatoms. The smallest absolute Gasteiger partial charge is 0.174 e. The van der Waals surface area contributed by atoms with E-state index in [0.29, 0.717) is 6.42 Å². The molecule has 0 aromatic heterocycles. The molecule has 3 N–H and O–H groups in total. The van der Waals surface area contributed by atoms with Gasteiger partial charge in [0.15, 0.2) is 11.5 Å². The van der Waals surface area contributed by atoms with Crippen LogP contribution in [0.2, 0.25) is 0 Å². The van der Waals surface area contributed by atoms with Crippen LogP contribution >= 0.6 is 0 Å². The molecule has 6 nitrogen and oxygen atoms in total. The second-order valence-corrected chi connectivity index (χ2v) is 5.05. The SMILES string of the molecule is CC1(C)CC(=O)C(C=NC(C#N)=C(N)C#N)=C(O)C1. The number of allylic oxidation sites excluding steroid dienone is 4. The largest absolute Gasteiger partial charge is 0.511 e. The summed E-state index contributed by atoms with van der Waals surface area (Å²) in [6.45, 7) is 3.76. The van der Waals surface area contributed by atoms with Crippen molar-refractivity contribution in [1.82, 2.24) is 0 Å². The number of aliphatic imine (C=N–C) groups is 1. The molecule has 0 heterocycles. The topological polar surface area (TPSA) is 123 Å². The van der Waals surface area contributed by atoms with E-state index >= 15 is 0 Å². The van der Waals surface area contributed by atoms with E-state index in [4.69, 9.17) is 16.3 Å². The van der Waals surface area contributed by atoms with Crippen molar-refractivity contribution in [2.75, 3.05) is 0 Å². The average molecular weight is 258 g/mol. The zero-order valence-electron chi connectivity index (χ0n) is 10.8. The number of ketones is 1. The van der Waals surface area contributed by atoms with Gasteiger partial charge in [0.1, 0.15) is 23.6 Å². The Balaban J connectivity index is 3.11. The third-order valence-electron chi connectivity index (χ3n) is 2.70. The van der Waals surface area contributed by atoms with Crippen LogP contribution < -0.4 is 5.73 Å². The van der Waals surface area contributed by atoms with E-state index in [2.05, 4.69) is 4.99 Å². The predicted octanol–water partition coefficient (Wildman–Crippen LogP) is 1.48. The lowest BCUT2D eigenvalue weighted by atomic mass is 9.77. The van der Waals surface area contributed by atoms with Gasteiger partial charge in [0.25, 0.3) is 0 Å². The van der Waals surface area contributed by atoms with Crippen LogP contribution in [0.3, 0.4) is 0 Å². The maximum atomic E-state index is 11.9. The number of aliphatic hydroxyl groups is 1. The van der Waals surface area contributed by atoms with Crippen molar-refractivity contribution in [3.8, 4) is 12.1 Å². The lowest BCUT2D eigenvalue weighted by molar-refractivity contribution is -0.117. The Morgan fingerprint density at radius 3 is 2.53 bits per heavy atom. The number of nitrogens with two attached hydrogens (primary N) is 1. The number of hydrogen-bond donors (Lipinski definition) is 2. The number of Topliss-reactive ketones (excluding diaryl/α,β-unsaturated/α-hetero) is 1. The first-order valence-corrected chi connectivity index (χ1v) is 5.60. The van der Waals surface area contributed by atoms with Crippen LogP contribution in [0.25, 0.3) is 0 Å². The zero-order valence-corrected chi connectivity index (χ0v) is 10.8. The van der Waals surface area contributed by atoms with Gasteiger partial charge in [0, 0.05) is 19.1 Å². The summed E-state index contributed by atoms with van der Waals surface area (Å²) in [7, 11) is 0. The Kier molecular flexibility index (Phi) is 4.08. The van der Waals surface area contributed by atoms with Crippen LogP contribution in [0.5, 0.6) is 0 Å². The predicted molar refractivity (Wildman–Crippen MR) is 68.6 cm³/mol. The Bertz CT molecular complexity index is 583. The van der Waals surface area contributed by atoms with E-state index in [1.807, 2.05) is 13.8 Å². The molecule has 0 atom stereocenters. The highest BCUT2D eigenvalue weighted by atomic mass is 16.3. The fraction of sp³-hybridized carbons (Fsp3) is 0.385. The van der Waals surface area contributed by atoms with Gasteiger partial charge in [-0.1, -0.05) is 13.8 Å². The van der Waals surface area contributed by atoms with Crippen molar-refractivity contribution in [2.24, 2.45) is 16.1 Å². The lowest BCUT2D eigenvalue weighted by Gasteiger charge is -2.28. The second kappa shape index (κ2) is 5.36. The van der Waals surface area contributed by atoms with Crippen molar-refractivity contribution >= 4 is 12.0 Å². The molecule has 0 fully saturated rings. The average Bonchev–Trinajstić information content (AvgIpc) is 2.30. The molecule has 0 unspecified atom stereocenters. The van der Waals surface area contributed by atoms with Crippen LogP contribution in [0.4, 0.5) is 0 Å². The Labute approximate surface area is 111 Å². The van der Waals surface area contributed by atoms with E-state index in [1.54, 1.807) is 12.1 Å². The van der Waals surface area contributed by atoms with Crippen molar-refractivity contribution < 1.29 is 9.90 Å². The van der Waals surface area contributed by atoms with Gasteiger partial charge in [0.2, 0.25) is 0 Å². The first-order valence-electron chi connectivity index (χ1n) is 5.60. The number of nitriles is 2. The monoisotopic (exact) mass is 258 g/mol. The normalized spacial score (nSPS) is 19.9. The number of hydrogen-bond acceptors (Lipinski definition) is 6. The summed E-state index contributed by atoms with van der Waals surface area (Å²) in [6, 6.07) is 3.25. The van der Waals surface area contributed by atoms with Gasteiger partial charge >= 0.3 is 0 Å². The molecule has 0 saturated heterocycles. The molecule has 0 amide bonds. The fourth-order valence-corrected chi connectivity index (χ4v) is 1.79. The van der Waals surface area contributed by atoms with E-state index in [9.17, 15) is 9.90 Å². The molecule has 0 aromatic carbocycles. The first kappa shape index (κ1) is 14.5. The van der Waals surface area contributed by atoms with Crippen LogP contribution in [-0.2, 0) is 4.79 Å². The molecule has 0 aromatic rings. The van der Waals surface area contributed by atoms with E-state index in [-0.39, 0.29) is 40.3 Å². The van der Waals surface area contributed by atoms with E-state index < -0.39 is 0 Å². The van der Waals surface area contributed by atoms with Crippen molar-refractivity contribution in [1.29, 1.82) is 10.5 Å². The molecule has 0 radical (unpaired) electrons. The third kappa shape index (κ3) is 3.43. The summed E-state index contributed by atoms with van der Waals surface area (Å²) in [6.07, 6.45) is 1.74. The molecular formula is C13H14N4O2. The molecule has 0 saturated carbocycles. The van der Waals surface area contributed by atoms with Crippen LogP contribution in [0, 0.1) is 28.1 Å². The maximum Gasteiger partial charge on any atom is 0.174 e. The molecule has 98 valence electrons. The molecule has 0 aliphatic heterocycles. The number of rotatable bonds is 2. The molecular weight excluding hydrogens is 244 g/mol. The summed E-state index contributed by atoms with van der Waals surface area (Å²) in [4.78, 5) is 15.5. The van der Waals surface area contributed by atoms with Crippen LogP contribution in [0.1, 0.15) is 26.7 Å². The first-order chi connectivity index (χ1) is 8.80. The minimum absolute atomic E-state index is 0.0576. The van der Waals surface area contributed by atoms with Gasteiger partial charge < -0.3 is 10.8 Å². The van der Waals surface area contributed by atoms with Gasteiger partial charge in [-0.05, 0) is 5.41 Å². The molecule has 1 aliphatic rings. The molecule has 1 aliphatic carbocycles. The number of carbonyl (C=O) groups excluding carboxylic acids is 1. The summed E-state index contributed by atoms with van der Waals surface area (Å²) >= 11 is 0. The summed E-state index contributed by atoms with van der Waals surface area (Å²) in [5.74, 6) is -0.303. The number of carbonyl (C=O) groups is 1. The second-order valence-electron chi connectivity index (χ2n) is 5.05. The van der Waals surface area contributed by atoms with Gasteiger partial charge in [0.05, 0.1) is 5.57 Å². The summed E-state index contributed by atoms with van der Waals surface area (Å²) < 4.78 is 0. The highest BCUT2D eigenvalue weighted by Crippen LogP contribution is 2.35. The fourth-order valence-electron chi connectivity index (χ4n) is 1.79. The third-order valence-corrected chi connectivity index (χ3v) is 2.70. The van der Waals surface area contributed by atoms with E-state index in [1.165, 1.54) is 0 Å². The van der Waals surface area contributed by atoms with Gasteiger partial charge in [-0.25, -0.2) is 4.99 Å². The van der Waals surface area contributed by atoms with Crippen molar-refractivity contribution in [3.63, 3.8) is 0 Å². The van der Waals surface area contributed by atoms with E-state index in [0.717, 1.165) is 6.21 Å². The minimum Gasteiger partial charge on any atom is -0.511 e. The van der Waals surface area contributed by atoms with Crippen LogP contribution in [0.15, 0.2) is 27.7 Å². The molecule has 0 spiro atoms. The summed E-state index contributed by atoms with van der Waals surface area (Å²) in [5.41, 5.74) is 4.44. The minimum atomic E-state index is -0.331. The lowest BCUT2D eigenvalue weighted by Crippen LogP contribution is -2.26. The standard InChI is InChI=1S/C13H14N4O2/c1-13(2)3-11(18)8(12(19)4-13)7-17-10(6-15)9(16)5-14/h7,18H,3-4,16H2,1-2H3. The Morgan fingerprint density at radius 2 is 2.05 bits per heavy atom. The quantitative estimate of drug-likeness (QED) is 0.573. The van der Waals surface area contributed by atoms with Crippen LogP contribution in [-0.4, -0.2) is 17.1 Å². The number of nitrogens with zero attached hydrogens (tertiary/aromatic N) is 3. The van der Waals surface area contributed by atoms with Crippen molar-refractivity contribution in [3.05, 3.63) is 22.7 Å². The zero-order chi connectivity index (χ0) is 14.6. The molecule has 19 heavy (non-hydrogen) atoms. The molecule has 1 rings (SSSR count). The van der Waals surface area contributed by atoms with Crippen molar-refractivity contribution in [2.45, 2.75) is 26.7 Å². The molecule has 0 bridgehead atoms. The van der Waals surface area contributed by atoms with Gasteiger partial charge in [-0.15, -0.1) is 0 Å². The van der Waals surface area contributed by atoms with Gasteiger partial charge in [-0.3, -0.25) is 4.79 Å².